The number of ether oxygens (including phenoxy) is 1. The molecule has 28 heavy (non-hydrogen) atoms. The minimum absolute atomic E-state index is 0.414. The number of urea groups is 1. The van der Waals surface area contributed by atoms with Crippen molar-refractivity contribution < 1.29 is 9.53 Å². The summed E-state index contributed by atoms with van der Waals surface area (Å²) in [5.74, 6) is 0.553. The van der Waals surface area contributed by atoms with E-state index in [1.165, 1.54) is 0 Å². The summed E-state index contributed by atoms with van der Waals surface area (Å²) in [7, 11) is 0. The van der Waals surface area contributed by atoms with Crippen LogP contribution in [0, 0.1) is 0 Å². The molecule has 0 saturated carbocycles. The highest BCUT2D eigenvalue weighted by Crippen LogP contribution is 2.14. The number of amides is 2. The Hall–Kier alpha value is -3.41. The Bertz CT molecular complexity index is 953. The molecule has 2 aromatic carbocycles. The molecule has 3 rings (SSSR count). The lowest BCUT2D eigenvalue weighted by atomic mass is 10.2. The summed E-state index contributed by atoms with van der Waals surface area (Å²) in [6, 6.07) is 20.7. The standard InChI is InChI=1S/C22H24N4O2/c1-2-3-14-28-21-15-19(17-24-26(21)20-12-8-5-9-13-20)25-22(27)23-16-18-10-6-4-7-11-18/h4-13,15,17H,2-3,14,16H2,1H3,(H,23,27). The summed E-state index contributed by atoms with van der Waals surface area (Å²) in [5, 5.41) is 7.65. The number of aromatic nitrogens is 2. The van der Waals surface area contributed by atoms with Crippen LogP contribution in [-0.2, 0) is 6.54 Å². The second-order valence-electron chi connectivity index (χ2n) is 6.26. The zero-order chi connectivity index (χ0) is 19.6. The predicted molar refractivity (Wildman–Crippen MR) is 108 cm³/mol. The number of nitrogens with one attached hydrogen (secondary N) is 1. The molecule has 6 nitrogen and oxygen atoms in total. The first-order valence-corrected chi connectivity index (χ1v) is 9.40. The topological polar surface area (TPSA) is 68.5 Å². The molecule has 1 aromatic heterocycles. The number of unbranched alkanes of at least 4 members (excludes halogenated alkanes) is 1. The first-order chi connectivity index (χ1) is 13.8. The second kappa shape index (κ2) is 10.1. The maximum atomic E-state index is 12.2. The fraction of sp³-hybridized carbons (Fsp3) is 0.227. The molecule has 6 heteroatoms. The Kier molecular flexibility index (Phi) is 6.95. The third-order valence-electron chi connectivity index (χ3n) is 4.05. The molecular weight excluding hydrogens is 352 g/mol. The van der Waals surface area contributed by atoms with Gasteiger partial charge < -0.3 is 10.1 Å². The number of hydrogen-bond donors (Lipinski definition) is 1. The SMILES string of the molecule is CCCCOc1cc(=NC(=O)NCc2ccccc2)cnn1-c1ccccc1. The van der Waals surface area contributed by atoms with Crippen LogP contribution in [0.25, 0.3) is 5.69 Å². The van der Waals surface area contributed by atoms with Gasteiger partial charge in [-0.25, -0.2) is 9.48 Å². The summed E-state index contributed by atoms with van der Waals surface area (Å²) < 4.78 is 7.60. The van der Waals surface area contributed by atoms with Crippen LogP contribution in [0.5, 0.6) is 5.88 Å². The van der Waals surface area contributed by atoms with Crippen LogP contribution in [0.1, 0.15) is 25.3 Å². The highest BCUT2D eigenvalue weighted by Gasteiger charge is 2.06. The van der Waals surface area contributed by atoms with Gasteiger partial charge in [-0.2, -0.15) is 10.1 Å². The van der Waals surface area contributed by atoms with Crippen molar-refractivity contribution in [3.8, 4) is 11.6 Å². The van der Waals surface area contributed by atoms with E-state index in [0.717, 1.165) is 24.1 Å². The third kappa shape index (κ3) is 5.54. The van der Waals surface area contributed by atoms with Gasteiger partial charge in [0, 0.05) is 12.6 Å². The van der Waals surface area contributed by atoms with Crippen molar-refractivity contribution in [3.05, 3.63) is 83.8 Å². The van der Waals surface area contributed by atoms with E-state index >= 15 is 0 Å². The first-order valence-electron chi connectivity index (χ1n) is 9.40. The predicted octanol–water partition coefficient (Wildman–Crippen LogP) is 3.86. The van der Waals surface area contributed by atoms with Crippen LogP contribution in [0.4, 0.5) is 4.79 Å². The molecule has 0 aliphatic rings. The molecule has 1 N–H and O–H groups in total. The Balaban J connectivity index is 1.79. The van der Waals surface area contributed by atoms with Gasteiger partial charge in [-0.1, -0.05) is 61.9 Å². The van der Waals surface area contributed by atoms with Crippen molar-refractivity contribution >= 4 is 6.03 Å². The molecule has 1 heterocycles. The normalized spacial score (nSPS) is 11.2. The Morgan fingerprint density at radius 2 is 1.82 bits per heavy atom. The fourth-order valence-corrected chi connectivity index (χ4v) is 2.58. The molecular formula is C22H24N4O2. The summed E-state index contributed by atoms with van der Waals surface area (Å²) >= 11 is 0. The smallest absolute Gasteiger partial charge is 0.341 e. The lowest BCUT2D eigenvalue weighted by Crippen LogP contribution is -2.22. The summed E-state index contributed by atoms with van der Waals surface area (Å²) in [5.41, 5.74) is 1.90. The molecule has 0 saturated heterocycles. The molecule has 0 unspecified atom stereocenters. The zero-order valence-corrected chi connectivity index (χ0v) is 15.9. The van der Waals surface area contributed by atoms with Gasteiger partial charge in [0.05, 0.1) is 23.8 Å². The van der Waals surface area contributed by atoms with Crippen molar-refractivity contribution in [2.75, 3.05) is 6.61 Å². The van der Waals surface area contributed by atoms with Crippen molar-refractivity contribution in [2.24, 2.45) is 4.99 Å². The summed E-state index contributed by atoms with van der Waals surface area (Å²) in [4.78, 5) is 16.3. The Morgan fingerprint density at radius 1 is 1.11 bits per heavy atom. The van der Waals surface area contributed by atoms with Gasteiger partial charge in [-0.05, 0) is 24.1 Å². The van der Waals surface area contributed by atoms with Crippen molar-refractivity contribution in [2.45, 2.75) is 26.3 Å². The number of para-hydroxylation sites is 1. The van der Waals surface area contributed by atoms with Crippen molar-refractivity contribution in [1.82, 2.24) is 15.1 Å². The Labute approximate surface area is 164 Å². The van der Waals surface area contributed by atoms with E-state index in [1.54, 1.807) is 16.9 Å². The van der Waals surface area contributed by atoms with Gasteiger partial charge in [-0.3, -0.25) is 0 Å². The molecule has 3 aromatic rings. The van der Waals surface area contributed by atoms with Crippen LogP contribution in [-0.4, -0.2) is 22.4 Å². The van der Waals surface area contributed by atoms with Crippen LogP contribution < -0.4 is 15.4 Å². The highest BCUT2D eigenvalue weighted by atomic mass is 16.5. The molecule has 0 aliphatic carbocycles. The van der Waals surface area contributed by atoms with E-state index in [2.05, 4.69) is 22.3 Å². The molecule has 0 spiro atoms. The molecule has 0 fully saturated rings. The van der Waals surface area contributed by atoms with Crippen LogP contribution in [0.3, 0.4) is 0 Å². The van der Waals surface area contributed by atoms with Gasteiger partial charge in [0.15, 0.2) is 0 Å². The van der Waals surface area contributed by atoms with Gasteiger partial charge in [0.2, 0.25) is 5.88 Å². The second-order valence-corrected chi connectivity index (χ2v) is 6.26. The average molecular weight is 376 g/mol. The van der Waals surface area contributed by atoms with Crippen molar-refractivity contribution in [3.63, 3.8) is 0 Å². The number of carbonyl (C=O) groups is 1. The van der Waals surface area contributed by atoms with Crippen LogP contribution in [0.15, 0.2) is 77.9 Å². The highest BCUT2D eigenvalue weighted by molar-refractivity contribution is 5.74. The van der Waals surface area contributed by atoms with Gasteiger partial charge in [0.25, 0.3) is 0 Å². The monoisotopic (exact) mass is 376 g/mol. The number of nitrogens with zero attached hydrogens (tertiary/aromatic N) is 3. The molecule has 0 bridgehead atoms. The molecule has 0 radical (unpaired) electrons. The van der Waals surface area contributed by atoms with Crippen LogP contribution in [0.2, 0.25) is 0 Å². The number of carbonyl (C=O) groups excluding carboxylic acids is 1. The quantitative estimate of drug-likeness (QED) is 0.637. The zero-order valence-electron chi connectivity index (χ0n) is 15.9. The molecule has 0 atom stereocenters. The minimum atomic E-state index is -0.414. The maximum absolute atomic E-state index is 12.2. The fourth-order valence-electron chi connectivity index (χ4n) is 2.58. The lowest BCUT2D eigenvalue weighted by Gasteiger charge is -2.13. The van der Waals surface area contributed by atoms with E-state index in [4.69, 9.17) is 4.74 Å². The number of benzene rings is 2. The number of hydrogen-bond acceptors (Lipinski definition) is 3. The Morgan fingerprint density at radius 3 is 2.54 bits per heavy atom. The molecule has 2 amide bonds. The van der Waals surface area contributed by atoms with Gasteiger partial charge in [-0.15, -0.1) is 0 Å². The largest absolute Gasteiger partial charge is 0.478 e. The first kappa shape index (κ1) is 19.4. The van der Waals surface area contributed by atoms with Gasteiger partial charge >= 0.3 is 6.03 Å². The van der Waals surface area contributed by atoms with Crippen LogP contribution >= 0.6 is 0 Å². The van der Waals surface area contributed by atoms with E-state index in [9.17, 15) is 4.79 Å². The summed E-state index contributed by atoms with van der Waals surface area (Å²) in [6.07, 6.45) is 3.53. The van der Waals surface area contributed by atoms with E-state index < -0.39 is 6.03 Å². The van der Waals surface area contributed by atoms with E-state index in [1.807, 2.05) is 60.7 Å². The maximum Gasteiger partial charge on any atom is 0.341 e. The third-order valence-corrected chi connectivity index (χ3v) is 4.05. The van der Waals surface area contributed by atoms with E-state index in [-0.39, 0.29) is 0 Å². The summed E-state index contributed by atoms with van der Waals surface area (Å²) in [6.45, 7) is 3.11. The minimum Gasteiger partial charge on any atom is -0.478 e. The average Bonchev–Trinajstić information content (AvgIpc) is 2.74. The van der Waals surface area contributed by atoms with E-state index in [0.29, 0.717) is 24.4 Å². The lowest BCUT2D eigenvalue weighted by molar-refractivity contribution is 0.248. The molecule has 144 valence electrons. The number of rotatable bonds is 7. The molecule has 0 aliphatic heterocycles. The van der Waals surface area contributed by atoms with Gasteiger partial charge in [0.1, 0.15) is 0 Å². The van der Waals surface area contributed by atoms with Crippen molar-refractivity contribution in [1.29, 1.82) is 0 Å².